The number of aliphatic hydroxyl groups excluding tert-OH is 1. The van der Waals surface area contributed by atoms with Gasteiger partial charge >= 0.3 is 0 Å². The highest BCUT2D eigenvalue weighted by molar-refractivity contribution is 7.92. The van der Waals surface area contributed by atoms with Crippen LogP contribution in [0, 0.1) is 23.5 Å². The number of ketones is 1. The Morgan fingerprint density at radius 1 is 1.09 bits per heavy atom. The Morgan fingerprint density at radius 3 is 2.29 bits per heavy atom. The van der Waals surface area contributed by atoms with E-state index in [-0.39, 0.29) is 34.0 Å². The molecule has 2 fully saturated rings. The third-order valence-corrected chi connectivity index (χ3v) is 9.86. The summed E-state index contributed by atoms with van der Waals surface area (Å²) >= 11 is 6.20. The molecule has 0 aromatic heterocycles. The first-order valence-electron chi connectivity index (χ1n) is 11.1. The Kier molecular flexibility index (Phi) is 6.78. The number of benzene rings is 2. The smallest absolute Gasteiger partial charge is 0.255 e. The van der Waals surface area contributed by atoms with Gasteiger partial charge in [-0.15, -0.1) is 0 Å². The molecule has 2 aliphatic rings. The number of anilines is 1. The molecule has 0 heterocycles. The molecule has 0 radical (unpaired) electrons. The fourth-order valence-electron chi connectivity index (χ4n) is 5.39. The fraction of sp³-hybridized carbons (Fsp3) is 0.417. The van der Waals surface area contributed by atoms with Gasteiger partial charge in [-0.25, -0.2) is 17.2 Å². The maximum absolute atomic E-state index is 13.5. The van der Waals surface area contributed by atoms with Gasteiger partial charge in [-0.2, -0.15) is 0 Å². The Labute approximate surface area is 206 Å². The van der Waals surface area contributed by atoms with E-state index in [9.17, 15) is 37.0 Å². The van der Waals surface area contributed by atoms with E-state index in [0.29, 0.717) is 12.8 Å². The zero-order valence-electron chi connectivity index (χ0n) is 18.7. The quantitative estimate of drug-likeness (QED) is 0.528. The summed E-state index contributed by atoms with van der Waals surface area (Å²) in [7, 11) is -4.06. The summed E-state index contributed by atoms with van der Waals surface area (Å²) < 4.78 is 53.7. The minimum Gasteiger partial charge on any atom is -0.386 e. The van der Waals surface area contributed by atoms with Crippen molar-refractivity contribution in [3.63, 3.8) is 0 Å². The summed E-state index contributed by atoms with van der Waals surface area (Å²) in [4.78, 5) is 24.1. The number of aliphatic hydroxyl groups is 2. The zero-order valence-corrected chi connectivity index (χ0v) is 20.2. The van der Waals surface area contributed by atoms with E-state index >= 15 is 0 Å². The van der Waals surface area contributed by atoms with Gasteiger partial charge in [-0.1, -0.05) is 11.6 Å². The Bertz CT molecular complexity index is 1290. The molecule has 35 heavy (non-hydrogen) atoms. The van der Waals surface area contributed by atoms with Crippen molar-refractivity contribution in [2.24, 2.45) is 11.8 Å². The van der Waals surface area contributed by atoms with E-state index in [4.69, 9.17) is 11.6 Å². The molecular formula is C24H24ClF2NO6S. The number of hydrogen-bond donors (Lipinski definition) is 3. The number of rotatable bonds is 6. The average Bonchev–Trinajstić information content (AvgIpc) is 2.97. The molecule has 1 amide bonds. The number of amides is 1. The molecule has 2 bridgehead atoms. The molecule has 7 nitrogen and oxygen atoms in total. The number of sulfone groups is 1. The molecule has 0 saturated heterocycles. The van der Waals surface area contributed by atoms with Crippen LogP contribution in [0.3, 0.4) is 0 Å². The van der Waals surface area contributed by atoms with Gasteiger partial charge in [0.15, 0.2) is 27.3 Å². The van der Waals surface area contributed by atoms with Gasteiger partial charge in [0.1, 0.15) is 11.7 Å². The van der Waals surface area contributed by atoms with E-state index in [0.717, 1.165) is 24.3 Å². The Morgan fingerprint density at radius 2 is 1.71 bits per heavy atom. The predicted octanol–water partition coefficient (Wildman–Crippen LogP) is 3.51. The first-order chi connectivity index (χ1) is 16.4. The summed E-state index contributed by atoms with van der Waals surface area (Å²) in [6, 6.07) is 6.52. The second-order valence-electron chi connectivity index (χ2n) is 9.24. The van der Waals surface area contributed by atoms with E-state index < -0.39 is 62.0 Å². The van der Waals surface area contributed by atoms with Gasteiger partial charge in [0, 0.05) is 17.3 Å². The van der Waals surface area contributed by atoms with Gasteiger partial charge < -0.3 is 15.5 Å². The number of Topliss-reactive ketones (excluding diaryl/α,β-unsaturated/α-hetero) is 1. The van der Waals surface area contributed by atoms with Crippen LogP contribution in [-0.4, -0.2) is 47.3 Å². The van der Waals surface area contributed by atoms with Crippen LogP contribution in [0.25, 0.3) is 0 Å². The van der Waals surface area contributed by atoms with Crippen LogP contribution in [0.2, 0.25) is 5.02 Å². The maximum Gasteiger partial charge on any atom is 0.255 e. The molecule has 2 saturated carbocycles. The normalized spacial score (nSPS) is 26.9. The summed E-state index contributed by atoms with van der Waals surface area (Å²) in [6.45, 7) is 1.18. The third-order valence-electron chi connectivity index (χ3n) is 7.21. The molecule has 2 unspecified atom stereocenters. The SMILES string of the molecule is CC(=O)C(O)[C@@]1(O)C2CC[C@H]1C[C@H](S(=O)(=O)c1cc(C(=O)Nc3ccc(F)c(F)c3)ccc1Cl)C2. The molecule has 11 heteroatoms. The van der Waals surface area contributed by atoms with Crippen LogP contribution < -0.4 is 5.32 Å². The van der Waals surface area contributed by atoms with Crippen LogP contribution in [-0.2, 0) is 14.6 Å². The number of halogens is 3. The zero-order chi connectivity index (χ0) is 25.7. The summed E-state index contributed by atoms with van der Waals surface area (Å²) in [5.74, 6) is -4.71. The lowest BCUT2D eigenvalue weighted by molar-refractivity contribution is -0.162. The van der Waals surface area contributed by atoms with Crippen LogP contribution in [0.1, 0.15) is 43.0 Å². The minimum atomic E-state index is -4.06. The van der Waals surface area contributed by atoms with Gasteiger partial charge in [-0.05, 0) is 74.8 Å². The lowest BCUT2D eigenvalue weighted by Crippen LogP contribution is -2.57. The molecule has 0 spiro atoms. The standard InChI is InChI=1S/C24H24ClF2NO6S/c1-12(29)22(30)24(32)14-3-4-15(24)10-17(9-14)35(33,34)21-8-13(2-6-18(21)25)23(31)28-16-5-7-19(26)20(27)11-16/h2,5-8,11,14-15,17,22,30,32H,3-4,9-10H2,1H3,(H,28,31)/t14-,15?,17-,22?,24-/m0/s1. The third kappa shape index (κ3) is 4.48. The van der Waals surface area contributed by atoms with Crippen molar-refractivity contribution < 1.29 is 37.0 Å². The topological polar surface area (TPSA) is 121 Å². The molecule has 4 rings (SSSR count). The van der Waals surface area contributed by atoms with Crippen molar-refractivity contribution in [1.29, 1.82) is 0 Å². The van der Waals surface area contributed by atoms with Crippen LogP contribution >= 0.6 is 11.6 Å². The number of carbonyl (C=O) groups excluding carboxylic acids is 2. The second kappa shape index (κ2) is 9.24. The summed E-state index contributed by atoms with van der Waals surface area (Å²) in [5.41, 5.74) is -1.74. The van der Waals surface area contributed by atoms with E-state index in [2.05, 4.69) is 5.32 Å². The number of nitrogens with one attached hydrogen (secondary N) is 1. The lowest BCUT2D eigenvalue weighted by atomic mass is 9.70. The van der Waals surface area contributed by atoms with Crippen molar-refractivity contribution in [2.75, 3.05) is 5.32 Å². The number of fused-ring (bicyclic) bond motifs is 2. The van der Waals surface area contributed by atoms with Crippen LogP contribution in [0.4, 0.5) is 14.5 Å². The second-order valence-corrected chi connectivity index (χ2v) is 11.8. The summed E-state index contributed by atoms with van der Waals surface area (Å²) in [5, 5.41) is 22.8. The molecule has 3 N–H and O–H groups in total. The number of hydrogen-bond acceptors (Lipinski definition) is 6. The highest BCUT2D eigenvalue weighted by Gasteiger charge is 2.60. The van der Waals surface area contributed by atoms with E-state index in [1.807, 2.05) is 0 Å². The number of carbonyl (C=O) groups is 2. The predicted molar refractivity (Wildman–Crippen MR) is 124 cm³/mol. The van der Waals surface area contributed by atoms with Crippen molar-refractivity contribution >= 4 is 38.8 Å². The Balaban J connectivity index is 1.59. The monoisotopic (exact) mass is 527 g/mol. The fourth-order valence-corrected chi connectivity index (χ4v) is 7.79. The minimum absolute atomic E-state index is 0.0135. The average molecular weight is 528 g/mol. The van der Waals surface area contributed by atoms with Crippen molar-refractivity contribution in [2.45, 2.75) is 54.5 Å². The van der Waals surface area contributed by atoms with Crippen molar-refractivity contribution in [3.8, 4) is 0 Å². The highest BCUT2D eigenvalue weighted by atomic mass is 35.5. The van der Waals surface area contributed by atoms with Gasteiger partial charge in [-0.3, -0.25) is 9.59 Å². The molecule has 0 aliphatic heterocycles. The van der Waals surface area contributed by atoms with Crippen molar-refractivity contribution in [1.82, 2.24) is 0 Å². The molecule has 2 aliphatic carbocycles. The van der Waals surface area contributed by atoms with E-state index in [1.165, 1.54) is 19.1 Å². The maximum atomic E-state index is 13.5. The first kappa shape index (κ1) is 25.7. The van der Waals surface area contributed by atoms with E-state index in [1.54, 1.807) is 0 Å². The molecule has 2 aromatic rings. The van der Waals surface area contributed by atoms with Crippen molar-refractivity contribution in [3.05, 3.63) is 58.6 Å². The largest absolute Gasteiger partial charge is 0.386 e. The lowest BCUT2D eigenvalue weighted by Gasteiger charge is -2.44. The molecule has 5 atom stereocenters. The molecular weight excluding hydrogens is 504 g/mol. The highest BCUT2D eigenvalue weighted by Crippen LogP contribution is 2.53. The van der Waals surface area contributed by atoms with Crippen LogP contribution in [0.15, 0.2) is 41.3 Å². The molecule has 2 aromatic carbocycles. The van der Waals surface area contributed by atoms with Gasteiger partial charge in [0.25, 0.3) is 5.91 Å². The van der Waals surface area contributed by atoms with Gasteiger partial charge in [0.2, 0.25) is 0 Å². The van der Waals surface area contributed by atoms with Crippen LogP contribution in [0.5, 0.6) is 0 Å². The molecule has 188 valence electrons. The summed E-state index contributed by atoms with van der Waals surface area (Å²) in [6.07, 6.45) is -0.581. The first-order valence-corrected chi connectivity index (χ1v) is 13.0. The Hall–Kier alpha value is -2.40. The van der Waals surface area contributed by atoms with Gasteiger partial charge in [0.05, 0.1) is 15.2 Å².